The fourth-order valence-electron chi connectivity index (χ4n) is 20.2. The summed E-state index contributed by atoms with van der Waals surface area (Å²) in [4.78, 5) is 42.1. The van der Waals surface area contributed by atoms with Gasteiger partial charge in [0, 0.05) is 219 Å². The normalized spacial score (nSPS) is 13.1. The molecule has 0 saturated heterocycles. The number of pyridine rings is 6. The fraction of sp³-hybridized carbons (Fsp3) is 0.132. The van der Waals surface area contributed by atoms with Gasteiger partial charge in [0.1, 0.15) is 33.5 Å². The van der Waals surface area contributed by atoms with Crippen molar-refractivity contribution in [1.82, 2.24) is 48.2 Å². The molecule has 0 fully saturated rings. The Bertz CT molecular complexity index is 8910. The Hall–Kier alpha value is -15.0. The number of thiophene rings is 1. The van der Waals surface area contributed by atoms with E-state index in [0.717, 1.165) is 183 Å². The number of rotatable bonds is 12. The van der Waals surface area contributed by atoms with Crippen LogP contribution in [0.2, 0.25) is 0 Å². The van der Waals surface area contributed by atoms with Crippen molar-refractivity contribution in [2.75, 3.05) is 50.5 Å². The van der Waals surface area contributed by atoms with Gasteiger partial charge in [-0.3, -0.25) is 0 Å². The van der Waals surface area contributed by atoms with Gasteiger partial charge in [-0.2, -0.15) is 56.4 Å². The number of para-hydroxylation sites is 3. The molecule has 12 aromatic carbocycles. The second-order valence-corrected chi connectivity index (χ2v) is 40.4. The number of fused-ring (bicyclic) bond motifs is 24. The summed E-state index contributed by atoms with van der Waals surface area (Å²) in [5.74, 6) is 6.20. The molecule has 27 rings (SSSR count). The van der Waals surface area contributed by atoms with E-state index < -0.39 is 0 Å². The number of ether oxygens (including phenoxy) is 3. The fourth-order valence-corrected chi connectivity index (χ4v) is 21.3. The monoisotopic (exact) mass is 2450 g/mol. The molecule has 20 nitrogen and oxygen atoms in total. The molecule has 3 aliphatic rings. The summed E-state index contributed by atoms with van der Waals surface area (Å²) in [5, 5.41) is 13.3. The molecule has 0 aliphatic carbocycles. The largest absolute Gasteiger partial charge is 0.509 e. The van der Waals surface area contributed by atoms with Crippen molar-refractivity contribution in [1.29, 1.82) is 0 Å². The summed E-state index contributed by atoms with van der Waals surface area (Å²) >= 11 is 1.72. The summed E-state index contributed by atoms with van der Waals surface area (Å²) in [6.07, 6.45) is 11.1. The van der Waals surface area contributed by atoms with Gasteiger partial charge in [0.15, 0.2) is 0 Å². The Kier molecular flexibility index (Phi) is 24.2. The second kappa shape index (κ2) is 37.0. The van der Waals surface area contributed by atoms with Crippen molar-refractivity contribution < 1.29 is 81.8 Å². The molecule has 12 aromatic heterocycles. The second-order valence-electron chi connectivity index (χ2n) is 39.4. The van der Waals surface area contributed by atoms with Crippen LogP contribution in [0.25, 0.3) is 147 Å². The average Bonchev–Trinajstić information content (AvgIpc) is 1.11. The summed E-state index contributed by atoms with van der Waals surface area (Å²) in [6, 6.07) is 115. The minimum Gasteiger partial charge on any atom is -0.509 e. The minimum absolute atomic E-state index is 0. The molecule has 15 heterocycles. The third-order valence-electron chi connectivity index (χ3n) is 27.2. The number of hydrogen-bond acceptors (Lipinski definition) is 17. The summed E-state index contributed by atoms with van der Waals surface area (Å²) in [6.45, 7) is 26.2. The number of aromatic nitrogens is 10. The van der Waals surface area contributed by atoms with E-state index in [2.05, 4.69) is 384 Å². The van der Waals surface area contributed by atoms with Gasteiger partial charge in [-0.25, -0.2) is 29.9 Å². The molecule has 0 bridgehead atoms. The van der Waals surface area contributed by atoms with E-state index in [0.29, 0.717) is 40.2 Å². The number of nitrogens with zero attached hydrogens (tertiary/aromatic N) is 16. The molecular formula is C121H93N16O4Pt3S-9. The van der Waals surface area contributed by atoms with Crippen molar-refractivity contribution in [2.45, 2.75) is 78.6 Å². The molecule has 0 amide bonds. The van der Waals surface area contributed by atoms with Crippen LogP contribution in [-0.2, 0) is 86.5 Å². The standard InChI is InChI=1S/C41H33N6O.C40H30N5O2.C40H30N5OS.3Pt/c1-41(2,3)26-19-21-42-37(22-26)47-33-14-7-6-12-30(33)31-16-15-29(24-36(31)47)48-28-11-8-10-27(23-28)46-25-44(4)35-18-17-34-38(39(35)46)32-13-9-20-43-40(32)45(34)5;2*1-40(2,3)25-18-20-41-36(21-25)45-32-13-6-5-11-29(32)30-15-14-28(23-34(30)45)46-27-10-7-9-26(22-27)44-24-43(4)33-16-17-35-37(38(33)44)31-12-8-19-42-39(31)47-35;;;/h6-22,25H,1-5H3;2*5-21,24H,1-4H3;;;/q3*-3;;;. The maximum Gasteiger partial charge on any atom is 0.227 e. The molecule has 24 aromatic rings. The maximum atomic E-state index is 6.52. The van der Waals surface area contributed by atoms with Crippen LogP contribution < -0.4 is 43.6 Å². The van der Waals surface area contributed by atoms with Crippen LogP contribution in [0.4, 0.5) is 51.2 Å². The van der Waals surface area contributed by atoms with E-state index in [1.165, 1.54) is 26.8 Å². The van der Waals surface area contributed by atoms with Crippen LogP contribution in [0.5, 0.6) is 34.5 Å². The smallest absolute Gasteiger partial charge is 0.227 e. The average molecular weight is 2450 g/mol. The zero-order valence-corrected chi connectivity index (χ0v) is 89.0. The van der Waals surface area contributed by atoms with Gasteiger partial charge in [-0.15, -0.1) is 136 Å². The van der Waals surface area contributed by atoms with Crippen molar-refractivity contribution in [3.8, 4) is 52.0 Å². The van der Waals surface area contributed by atoms with Gasteiger partial charge >= 0.3 is 0 Å². The molecule has 3 aliphatic heterocycles. The molecule has 0 atom stereocenters. The van der Waals surface area contributed by atoms with Gasteiger partial charge in [-0.1, -0.05) is 133 Å². The summed E-state index contributed by atoms with van der Waals surface area (Å²) in [5.41, 5.74) is 22.3. The molecule has 0 spiro atoms. The predicted octanol–water partition coefficient (Wildman–Crippen LogP) is 29.8. The third-order valence-corrected chi connectivity index (χ3v) is 28.3. The van der Waals surface area contributed by atoms with Gasteiger partial charge < -0.3 is 66.3 Å². The SMILES string of the molecule is CN1[CH-]N(c2[c-]c(Oc3[c-]c4c(cc3)c3ccccc3n4-c3cc(C(C)(C)C)ccn3)ccc2)c2c1ccc1c2c2cccnc2n1C.CN1[CH-]N(c2[c-]c(Oc3[c-]c4c(cc3)c3ccccc3n4-c3cc(C(C)(C)C)ccn3)ccc2)c2c1ccc1oc3ncccc3c21.CN1[CH-]N(c2[c-]c(Oc3[c-]c4c(cc3)c3ccccc3n4-c3cc(C(C)(C)C)ccn3)ccc2)c2c1ccc1sc3ncccc3c21.[Pt].[Pt].[Pt]. The zero-order valence-electron chi connectivity index (χ0n) is 81.3. The zero-order chi connectivity index (χ0) is 96.5. The van der Waals surface area contributed by atoms with Crippen molar-refractivity contribution in [2.24, 2.45) is 7.05 Å². The molecule has 24 heteroatoms. The van der Waals surface area contributed by atoms with Crippen LogP contribution >= 0.6 is 11.3 Å². The molecule has 0 saturated carbocycles. The number of furan rings is 1. The van der Waals surface area contributed by atoms with Gasteiger partial charge in [0.2, 0.25) is 5.71 Å². The van der Waals surface area contributed by atoms with Crippen molar-refractivity contribution in [3.05, 3.63) is 383 Å². The first-order valence-corrected chi connectivity index (χ1v) is 48.2. The number of anilines is 9. The molecule has 0 N–H and O–H groups in total. The molecular weight excluding hydrogens is 2360 g/mol. The van der Waals surface area contributed by atoms with Crippen molar-refractivity contribution >= 4 is 192 Å². The van der Waals surface area contributed by atoms with Gasteiger partial charge in [0.05, 0.1) is 16.3 Å². The molecule has 726 valence electrons. The van der Waals surface area contributed by atoms with E-state index in [-0.39, 0.29) is 79.4 Å². The number of aryl methyl sites for hydroxylation is 1. The third kappa shape index (κ3) is 16.5. The maximum absolute atomic E-state index is 6.52. The van der Waals surface area contributed by atoms with Gasteiger partial charge in [0.25, 0.3) is 0 Å². The summed E-state index contributed by atoms with van der Waals surface area (Å²) < 4.78 is 35.5. The minimum atomic E-state index is -0.00917. The van der Waals surface area contributed by atoms with Crippen LogP contribution in [0, 0.1) is 56.4 Å². The first-order chi connectivity index (χ1) is 68.9. The van der Waals surface area contributed by atoms with Crippen LogP contribution in [0.1, 0.15) is 79.0 Å². The number of benzene rings is 12. The van der Waals surface area contributed by atoms with E-state index in [9.17, 15) is 0 Å². The predicted molar refractivity (Wildman–Crippen MR) is 576 cm³/mol. The van der Waals surface area contributed by atoms with Crippen LogP contribution in [0.3, 0.4) is 0 Å². The van der Waals surface area contributed by atoms with Crippen LogP contribution in [0.15, 0.2) is 315 Å². The van der Waals surface area contributed by atoms with Crippen LogP contribution in [-0.4, -0.2) is 69.3 Å². The molecule has 0 radical (unpaired) electrons. The summed E-state index contributed by atoms with van der Waals surface area (Å²) in [7, 11) is 8.26. The Morgan fingerprint density at radius 2 is 0.676 bits per heavy atom. The first kappa shape index (κ1) is 94.9. The Labute approximate surface area is 886 Å². The first-order valence-electron chi connectivity index (χ1n) is 47.4. The van der Waals surface area contributed by atoms with E-state index in [1.54, 1.807) is 17.5 Å². The Balaban J connectivity index is 0.000000123. The number of hydrogen-bond donors (Lipinski definition) is 0. The molecule has 145 heavy (non-hydrogen) atoms. The van der Waals surface area contributed by atoms with Crippen molar-refractivity contribution in [3.63, 3.8) is 0 Å². The van der Waals surface area contributed by atoms with E-state index in [1.807, 2.05) is 129 Å². The topological polar surface area (TPSA) is 157 Å². The van der Waals surface area contributed by atoms with E-state index >= 15 is 0 Å². The van der Waals surface area contributed by atoms with E-state index in [4.69, 9.17) is 33.6 Å². The quantitative estimate of drug-likeness (QED) is 0.106. The molecule has 0 unspecified atom stereocenters. The van der Waals surface area contributed by atoms with Gasteiger partial charge in [-0.05, 0) is 198 Å². The Morgan fingerprint density at radius 1 is 0.303 bits per heavy atom. The Morgan fingerprint density at radius 3 is 1.12 bits per heavy atom.